The lowest BCUT2D eigenvalue weighted by Gasteiger charge is -2.47. The fourth-order valence-corrected chi connectivity index (χ4v) is 5.09. The molecule has 0 amide bonds. The van der Waals surface area contributed by atoms with E-state index in [2.05, 4.69) is 14.7 Å². The van der Waals surface area contributed by atoms with E-state index in [0.29, 0.717) is 38.1 Å². The van der Waals surface area contributed by atoms with Crippen LogP contribution in [-0.2, 0) is 19.1 Å². The highest BCUT2D eigenvalue weighted by Gasteiger charge is 2.35. The Hall–Kier alpha value is -2.36. The van der Waals surface area contributed by atoms with Gasteiger partial charge in [-0.25, -0.2) is 0 Å². The summed E-state index contributed by atoms with van der Waals surface area (Å²) < 4.78 is 10.3. The molecule has 2 saturated heterocycles. The van der Waals surface area contributed by atoms with Crippen LogP contribution in [0.15, 0.2) is 24.3 Å². The summed E-state index contributed by atoms with van der Waals surface area (Å²) in [5, 5.41) is 7.56. The van der Waals surface area contributed by atoms with Crippen LogP contribution in [-0.4, -0.2) is 92.6 Å². The van der Waals surface area contributed by atoms with Gasteiger partial charge in [-0.1, -0.05) is 0 Å². The molecule has 1 aromatic carbocycles. The molecule has 2 atom stereocenters. The van der Waals surface area contributed by atoms with Crippen molar-refractivity contribution < 1.29 is 19.1 Å². The molecule has 0 radical (unpaired) electrons. The summed E-state index contributed by atoms with van der Waals surface area (Å²) in [6.07, 6.45) is 2.14. The number of piperidine rings is 1. The third-order valence-electron chi connectivity index (χ3n) is 6.79. The molecule has 3 rings (SSSR count). The lowest BCUT2D eigenvalue weighted by molar-refractivity contribution is -0.146. The molecule has 3 N–H and O–H groups in total. The summed E-state index contributed by atoms with van der Waals surface area (Å²) in [7, 11) is 0. The third kappa shape index (κ3) is 8.37. The second-order valence-electron chi connectivity index (χ2n) is 8.98. The quantitative estimate of drug-likeness (QED) is 0.280. The van der Waals surface area contributed by atoms with Crippen LogP contribution in [0, 0.1) is 11.3 Å². The van der Waals surface area contributed by atoms with E-state index in [-0.39, 0.29) is 30.2 Å². The Morgan fingerprint density at radius 1 is 1.00 bits per heavy atom. The minimum Gasteiger partial charge on any atom is -0.466 e. The van der Waals surface area contributed by atoms with Crippen molar-refractivity contribution in [3.63, 3.8) is 0 Å². The molecule has 2 fully saturated rings. The van der Waals surface area contributed by atoms with E-state index >= 15 is 0 Å². The first-order chi connectivity index (χ1) is 16.4. The van der Waals surface area contributed by atoms with Crippen LogP contribution in [0.2, 0.25) is 0 Å². The molecule has 196 valence electrons. The number of anilines is 1. The van der Waals surface area contributed by atoms with E-state index in [1.807, 2.05) is 38.1 Å². The largest absolute Gasteiger partial charge is 0.466 e. The molecule has 0 spiro atoms. The molecular formula is C25H40ClN5O4. The monoisotopic (exact) mass is 509 g/mol. The van der Waals surface area contributed by atoms with Crippen molar-refractivity contribution in [2.45, 2.75) is 39.2 Å². The molecule has 10 heteroatoms. The predicted octanol–water partition coefficient (Wildman–Crippen LogP) is 2.11. The summed E-state index contributed by atoms with van der Waals surface area (Å²) in [6.45, 7) is 10.1. The summed E-state index contributed by atoms with van der Waals surface area (Å²) in [5.41, 5.74) is 7.46. The number of halogens is 1. The number of hydrogen-bond donors (Lipinski definition) is 2. The fourth-order valence-electron chi connectivity index (χ4n) is 5.09. The van der Waals surface area contributed by atoms with Crippen molar-refractivity contribution in [3.8, 4) is 0 Å². The van der Waals surface area contributed by atoms with E-state index < -0.39 is 0 Å². The van der Waals surface area contributed by atoms with Gasteiger partial charge in [0.2, 0.25) is 0 Å². The molecule has 0 aliphatic carbocycles. The number of carbonyl (C=O) groups is 2. The van der Waals surface area contributed by atoms with Crippen molar-refractivity contribution >= 4 is 35.9 Å². The molecule has 2 aliphatic heterocycles. The zero-order valence-corrected chi connectivity index (χ0v) is 21.7. The highest BCUT2D eigenvalue weighted by molar-refractivity contribution is 5.95. The van der Waals surface area contributed by atoms with Gasteiger partial charge in [-0.3, -0.25) is 24.8 Å². The SMILES string of the molecule is CCOC(=O)CCC1CN(CC(=O)OCC)CCC1N1CCN(c2ccc(C(=N)N)cc2)CC1.Cl. The van der Waals surface area contributed by atoms with Gasteiger partial charge < -0.3 is 20.1 Å². The molecule has 35 heavy (non-hydrogen) atoms. The first-order valence-electron chi connectivity index (χ1n) is 12.4. The Bertz CT molecular complexity index is 830. The maximum absolute atomic E-state index is 12.0. The maximum Gasteiger partial charge on any atom is 0.320 e. The number of rotatable bonds is 10. The van der Waals surface area contributed by atoms with E-state index in [1.54, 1.807) is 0 Å². The van der Waals surface area contributed by atoms with Crippen LogP contribution < -0.4 is 10.6 Å². The highest BCUT2D eigenvalue weighted by atomic mass is 35.5. The molecule has 2 heterocycles. The van der Waals surface area contributed by atoms with E-state index in [4.69, 9.17) is 20.6 Å². The first kappa shape index (κ1) is 28.9. The van der Waals surface area contributed by atoms with E-state index in [1.165, 1.54) is 0 Å². The Balaban J connectivity index is 0.00000432. The van der Waals surface area contributed by atoms with E-state index in [9.17, 15) is 9.59 Å². The molecule has 2 unspecified atom stereocenters. The van der Waals surface area contributed by atoms with Crippen LogP contribution in [0.3, 0.4) is 0 Å². The summed E-state index contributed by atoms with van der Waals surface area (Å²) in [5.74, 6) is 0.0469. The number of hydrogen-bond acceptors (Lipinski definition) is 8. The minimum atomic E-state index is -0.186. The van der Waals surface area contributed by atoms with Gasteiger partial charge in [0.25, 0.3) is 0 Å². The second kappa shape index (κ2) is 14.3. The second-order valence-corrected chi connectivity index (χ2v) is 8.98. The smallest absolute Gasteiger partial charge is 0.320 e. The Morgan fingerprint density at radius 3 is 2.23 bits per heavy atom. The van der Waals surface area contributed by atoms with Gasteiger partial charge in [-0.2, -0.15) is 0 Å². The lowest BCUT2D eigenvalue weighted by Crippen LogP contribution is -2.57. The fraction of sp³-hybridized carbons (Fsp3) is 0.640. The molecule has 0 saturated carbocycles. The van der Waals surface area contributed by atoms with Gasteiger partial charge in [0.1, 0.15) is 5.84 Å². The zero-order chi connectivity index (χ0) is 24.5. The number of nitrogens with one attached hydrogen (secondary N) is 1. The molecule has 0 aromatic heterocycles. The number of likely N-dealkylation sites (tertiary alicyclic amines) is 1. The lowest BCUT2D eigenvalue weighted by atomic mass is 9.86. The molecule has 9 nitrogen and oxygen atoms in total. The number of nitrogens with two attached hydrogens (primary N) is 1. The number of carbonyl (C=O) groups excluding carboxylic acids is 2. The van der Waals surface area contributed by atoms with Gasteiger partial charge in [0.15, 0.2) is 0 Å². The van der Waals surface area contributed by atoms with Crippen molar-refractivity contribution in [2.24, 2.45) is 11.7 Å². The molecular weight excluding hydrogens is 470 g/mol. The van der Waals surface area contributed by atoms with E-state index in [0.717, 1.165) is 63.4 Å². The van der Waals surface area contributed by atoms with Crippen molar-refractivity contribution in [2.75, 3.05) is 63.9 Å². The number of ether oxygens (including phenoxy) is 2. The summed E-state index contributed by atoms with van der Waals surface area (Å²) in [6, 6.07) is 8.24. The number of amidine groups is 1. The van der Waals surface area contributed by atoms with Crippen LogP contribution in [0.25, 0.3) is 0 Å². The number of esters is 2. The van der Waals surface area contributed by atoms with Crippen molar-refractivity contribution in [3.05, 3.63) is 29.8 Å². The normalized spacial score (nSPS) is 21.1. The Morgan fingerprint density at radius 2 is 1.63 bits per heavy atom. The summed E-state index contributed by atoms with van der Waals surface area (Å²) in [4.78, 5) is 31.1. The van der Waals surface area contributed by atoms with Gasteiger partial charge in [-0.05, 0) is 56.9 Å². The van der Waals surface area contributed by atoms with Crippen molar-refractivity contribution in [1.29, 1.82) is 5.41 Å². The number of benzene rings is 1. The van der Waals surface area contributed by atoms with Gasteiger partial charge in [0, 0.05) is 63.0 Å². The number of nitrogen functional groups attached to an aromatic ring is 1. The minimum absolute atomic E-state index is 0. The number of nitrogens with zero attached hydrogens (tertiary/aromatic N) is 3. The van der Waals surface area contributed by atoms with Gasteiger partial charge in [-0.15, -0.1) is 12.4 Å². The molecule has 2 aliphatic rings. The van der Waals surface area contributed by atoms with Gasteiger partial charge >= 0.3 is 11.9 Å². The van der Waals surface area contributed by atoms with Crippen molar-refractivity contribution in [1.82, 2.24) is 9.80 Å². The first-order valence-corrected chi connectivity index (χ1v) is 12.4. The standard InChI is InChI=1S/C25H39N5O4.ClH/c1-3-33-23(31)10-7-20-17-28(18-24(32)34-4-2)12-11-22(20)30-15-13-29(14-16-30)21-8-5-19(6-9-21)25(26)27;/h5-6,8-9,20,22H,3-4,7,10-18H2,1-2H3,(H3,26,27);1H. The predicted molar refractivity (Wildman–Crippen MR) is 139 cm³/mol. The molecule has 1 aromatic rings. The molecule has 0 bridgehead atoms. The van der Waals surface area contributed by atoms with Gasteiger partial charge in [0.05, 0.1) is 19.8 Å². The highest BCUT2D eigenvalue weighted by Crippen LogP contribution is 2.28. The topological polar surface area (TPSA) is 112 Å². The third-order valence-corrected chi connectivity index (χ3v) is 6.79. The average Bonchev–Trinajstić information content (AvgIpc) is 2.83. The van der Waals surface area contributed by atoms with Crippen LogP contribution >= 0.6 is 12.4 Å². The maximum atomic E-state index is 12.0. The number of piperazine rings is 1. The van der Waals surface area contributed by atoms with Crippen LogP contribution in [0.1, 0.15) is 38.7 Å². The Labute approximate surface area is 214 Å². The summed E-state index contributed by atoms with van der Waals surface area (Å²) >= 11 is 0. The zero-order valence-electron chi connectivity index (χ0n) is 20.9. The Kier molecular flexibility index (Phi) is 11.8. The van der Waals surface area contributed by atoms with Crippen LogP contribution in [0.5, 0.6) is 0 Å². The van der Waals surface area contributed by atoms with Crippen LogP contribution in [0.4, 0.5) is 5.69 Å². The average molecular weight is 510 g/mol.